The minimum absolute atomic E-state index is 0.183. The Morgan fingerprint density at radius 3 is 2.59 bits per heavy atom. The molecule has 1 aromatic rings. The molecule has 0 aromatic heterocycles. The van der Waals surface area contributed by atoms with Gasteiger partial charge in [-0.05, 0) is 49.0 Å². The van der Waals surface area contributed by atoms with Crippen LogP contribution in [0.5, 0.6) is 0 Å². The number of nitrogens with one attached hydrogen (secondary N) is 2. The first-order chi connectivity index (χ1) is 13.4. The highest BCUT2D eigenvalue weighted by molar-refractivity contribution is 6.31. The molecule has 0 radical (unpaired) electrons. The highest BCUT2D eigenvalue weighted by Gasteiger charge is 2.33. The monoisotopic (exact) mass is 429 g/mol. The first kappa shape index (κ1) is 23.5. The fraction of sp³-hybridized carbons (Fsp3) is 0.545. The lowest BCUT2D eigenvalue weighted by Crippen LogP contribution is -2.34. The zero-order valence-electron chi connectivity index (χ0n) is 17.6. The predicted octanol–water partition coefficient (Wildman–Crippen LogP) is 6.64. The molecule has 1 aliphatic heterocycles. The van der Waals surface area contributed by atoms with Crippen LogP contribution in [-0.2, 0) is 6.18 Å². The lowest BCUT2D eigenvalue weighted by Gasteiger charge is -2.27. The Hall–Kier alpha value is -1.82. The lowest BCUT2D eigenvalue weighted by atomic mass is 9.90. The van der Waals surface area contributed by atoms with Crippen LogP contribution in [0, 0.1) is 5.41 Å². The van der Waals surface area contributed by atoms with Crippen LogP contribution in [0.2, 0.25) is 5.02 Å². The summed E-state index contributed by atoms with van der Waals surface area (Å²) in [5.74, 6) is 0.705. The highest BCUT2D eigenvalue weighted by atomic mass is 35.5. The van der Waals surface area contributed by atoms with Gasteiger partial charge < -0.3 is 15.5 Å². The summed E-state index contributed by atoms with van der Waals surface area (Å²) in [6.07, 6.45) is 0.0772. The summed E-state index contributed by atoms with van der Waals surface area (Å²) in [5, 5.41) is 6.21. The Kier molecular flexibility index (Phi) is 7.55. The van der Waals surface area contributed by atoms with Crippen molar-refractivity contribution in [1.82, 2.24) is 10.2 Å². The van der Waals surface area contributed by atoms with E-state index in [1.807, 2.05) is 13.0 Å². The molecule has 2 N–H and O–H groups in total. The van der Waals surface area contributed by atoms with Crippen molar-refractivity contribution in [3.63, 3.8) is 0 Å². The average Bonchev–Trinajstić information content (AvgIpc) is 3.03. The van der Waals surface area contributed by atoms with Crippen LogP contribution in [0.25, 0.3) is 0 Å². The summed E-state index contributed by atoms with van der Waals surface area (Å²) in [6, 6.07) is 4.06. The van der Waals surface area contributed by atoms with Crippen molar-refractivity contribution in [2.75, 3.05) is 18.4 Å². The van der Waals surface area contributed by atoms with Crippen LogP contribution in [-0.4, -0.2) is 24.0 Å². The molecule has 0 aliphatic carbocycles. The average molecular weight is 430 g/mol. The van der Waals surface area contributed by atoms with E-state index in [9.17, 15) is 13.2 Å². The molecule has 1 heterocycles. The maximum atomic E-state index is 13.1. The number of hydrogen-bond acceptors (Lipinski definition) is 3. The van der Waals surface area contributed by atoms with E-state index in [4.69, 9.17) is 11.6 Å². The number of nitrogens with zero attached hydrogens (tertiary/aromatic N) is 1. The van der Waals surface area contributed by atoms with Crippen LogP contribution >= 0.6 is 11.6 Å². The summed E-state index contributed by atoms with van der Waals surface area (Å²) in [7, 11) is 0. The Morgan fingerprint density at radius 2 is 2.00 bits per heavy atom. The van der Waals surface area contributed by atoms with Gasteiger partial charge >= 0.3 is 6.18 Å². The molecular weight excluding hydrogens is 399 g/mol. The Balaban J connectivity index is 2.03. The fourth-order valence-electron chi connectivity index (χ4n) is 3.44. The van der Waals surface area contributed by atoms with Crippen molar-refractivity contribution in [3.05, 3.63) is 53.0 Å². The maximum absolute atomic E-state index is 13.1. The van der Waals surface area contributed by atoms with Crippen LogP contribution in [0.15, 0.2) is 42.4 Å². The molecule has 1 unspecified atom stereocenters. The minimum Gasteiger partial charge on any atom is -0.373 e. The summed E-state index contributed by atoms with van der Waals surface area (Å²) < 4.78 is 39.4. The van der Waals surface area contributed by atoms with E-state index in [1.165, 1.54) is 6.07 Å². The van der Waals surface area contributed by atoms with Crippen molar-refractivity contribution in [3.8, 4) is 0 Å². The van der Waals surface area contributed by atoms with Gasteiger partial charge in [-0.15, -0.1) is 0 Å². The van der Waals surface area contributed by atoms with Gasteiger partial charge in [0.15, 0.2) is 0 Å². The molecule has 7 heteroatoms. The van der Waals surface area contributed by atoms with Gasteiger partial charge in [-0.25, -0.2) is 0 Å². The van der Waals surface area contributed by atoms with Gasteiger partial charge in [0.1, 0.15) is 0 Å². The molecule has 1 atom stereocenters. The maximum Gasteiger partial charge on any atom is 0.417 e. The number of allylic oxidation sites excluding steroid dienone is 2. The molecule has 1 aromatic carbocycles. The minimum atomic E-state index is -4.49. The first-order valence-electron chi connectivity index (χ1n) is 9.92. The smallest absolute Gasteiger partial charge is 0.373 e. The number of alkyl halides is 3. The van der Waals surface area contributed by atoms with E-state index in [0.717, 1.165) is 44.1 Å². The Labute approximate surface area is 177 Å². The van der Waals surface area contributed by atoms with Crippen LogP contribution in [0.3, 0.4) is 0 Å². The predicted molar refractivity (Wildman–Crippen MR) is 115 cm³/mol. The molecule has 0 saturated carbocycles. The van der Waals surface area contributed by atoms with E-state index >= 15 is 0 Å². The van der Waals surface area contributed by atoms with Crippen molar-refractivity contribution in [2.45, 2.75) is 59.2 Å². The molecule has 1 aliphatic rings. The third-order valence-electron chi connectivity index (χ3n) is 4.69. The number of hydrogen-bond donors (Lipinski definition) is 2. The number of likely N-dealkylation sites (tertiary alicyclic amines) is 1. The van der Waals surface area contributed by atoms with E-state index < -0.39 is 11.7 Å². The zero-order valence-corrected chi connectivity index (χ0v) is 18.3. The van der Waals surface area contributed by atoms with Crippen LogP contribution < -0.4 is 10.6 Å². The normalized spacial score (nSPS) is 18.1. The van der Waals surface area contributed by atoms with E-state index in [1.54, 1.807) is 6.07 Å². The summed E-state index contributed by atoms with van der Waals surface area (Å²) in [5.41, 5.74) is 0.817. The van der Waals surface area contributed by atoms with E-state index in [2.05, 4.69) is 42.9 Å². The van der Waals surface area contributed by atoms with Crippen molar-refractivity contribution in [2.24, 2.45) is 5.41 Å². The molecule has 2 rings (SSSR count). The lowest BCUT2D eigenvalue weighted by molar-refractivity contribution is -0.137. The molecule has 0 amide bonds. The molecule has 3 nitrogen and oxygen atoms in total. The standard InChI is InChI=1S/C22H31ClF3N3/c1-6-7-20(27-16-8-9-19(23)18(12-16)22(24,25)26)28-17-10-11-29(14-17)15(2)13-21(3,4)5/h7-9,12,17,27-28H,2,6,10-11,13-14H2,1,3-5H3/b20-7-. The van der Waals surface area contributed by atoms with Crippen molar-refractivity contribution in [1.29, 1.82) is 0 Å². The number of rotatable bonds is 7. The van der Waals surface area contributed by atoms with Gasteiger partial charge in [0.2, 0.25) is 0 Å². The van der Waals surface area contributed by atoms with Gasteiger partial charge in [-0.1, -0.05) is 45.9 Å². The third-order valence-corrected chi connectivity index (χ3v) is 5.02. The van der Waals surface area contributed by atoms with Crippen molar-refractivity contribution < 1.29 is 13.2 Å². The number of anilines is 1. The zero-order chi connectivity index (χ0) is 21.8. The third kappa shape index (κ3) is 7.18. The summed E-state index contributed by atoms with van der Waals surface area (Å²) in [6.45, 7) is 14.5. The van der Waals surface area contributed by atoms with Gasteiger partial charge in [0.25, 0.3) is 0 Å². The van der Waals surface area contributed by atoms with Crippen LogP contribution in [0.1, 0.15) is 52.5 Å². The fourth-order valence-corrected chi connectivity index (χ4v) is 3.66. The Bertz CT molecular complexity index is 751. The molecule has 0 spiro atoms. The van der Waals surface area contributed by atoms with E-state index in [-0.39, 0.29) is 16.5 Å². The number of halogens is 4. The van der Waals surface area contributed by atoms with Gasteiger partial charge in [0, 0.05) is 30.5 Å². The second-order valence-corrected chi connectivity index (χ2v) is 9.13. The molecule has 29 heavy (non-hydrogen) atoms. The van der Waals surface area contributed by atoms with Crippen molar-refractivity contribution >= 4 is 17.3 Å². The topological polar surface area (TPSA) is 27.3 Å². The molecule has 1 saturated heterocycles. The Morgan fingerprint density at radius 1 is 1.31 bits per heavy atom. The van der Waals surface area contributed by atoms with E-state index in [0.29, 0.717) is 11.5 Å². The quantitative estimate of drug-likeness (QED) is 0.509. The molecule has 1 fully saturated rings. The largest absolute Gasteiger partial charge is 0.417 e. The second-order valence-electron chi connectivity index (χ2n) is 8.72. The van der Waals surface area contributed by atoms with Gasteiger partial charge in [0.05, 0.1) is 16.4 Å². The highest BCUT2D eigenvalue weighted by Crippen LogP contribution is 2.36. The summed E-state index contributed by atoms with van der Waals surface area (Å²) in [4.78, 5) is 2.29. The SMILES string of the molecule is C=C(CC(C)(C)C)N1CCC(N/C(=C\CC)Nc2ccc(Cl)c(C(F)(F)F)c2)C1. The first-order valence-corrected chi connectivity index (χ1v) is 10.3. The van der Waals surface area contributed by atoms with Crippen LogP contribution in [0.4, 0.5) is 18.9 Å². The van der Waals surface area contributed by atoms with Gasteiger partial charge in [-0.2, -0.15) is 13.2 Å². The van der Waals surface area contributed by atoms with Gasteiger partial charge in [-0.3, -0.25) is 0 Å². The molecule has 0 bridgehead atoms. The summed E-state index contributed by atoms with van der Waals surface area (Å²) >= 11 is 5.72. The molecule has 162 valence electrons. The second kappa shape index (κ2) is 9.33. The molecular formula is C22H31ClF3N3. The number of benzene rings is 1.